The van der Waals surface area contributed by atoms with E-state index in [2.05, 4.69) is 0 Å². The topological polar surface area (TPSA) is 241 Å². The quantitative estimate of drug-likeness (QED) is 0.259. The van der Waals surface area contributed by atoms with Crippen LogP contribution in [-0.4, -0.2) is 35.8 Å². The number of carbonyl (C=O) groups is 6. The average molecular weight is 542 g/mol. The molecule has 102 valence electrons. The molecule has 0 spiro atoms. The maximum absolute atomic E-state index is 8.93. The Bertz CT molecular complexity index is 281. The largest absolute Gasteiger partial charge is 3.00 e. The Hall–Kier alpha value is -0.790. The number of hydrogen-bond acceptors (Lipinski definition) is 12. The zero-order valence-corrected chi connectivity index (χ0v) is 16.3. The Kier molecular flexibility index (Phi) is 28.7. The van der Waals surface area contributed by atoms with E-state index in [4.69, 9.17) is 59.4 Å². The van der Waals surface area contributed by atoms with Gasteiger partial charge in [-0.1, -0.05) is 0 Å². The third-order valence-corrected chi connectivity index (χ3v) is 0.500. The van der Waals surface area contributed by atoms with Crippen LogP contribution in [0.1, 0.15) is 0 Å². The predicted octanol–water partition coefficient (Wildman–Crippen LogP) is -10.5. The first kappa shape index (κ1) is 31.5. The second kappa shape index (κ2) is 18.2. The van der Waals surface area contributed by atoms with Crippen LogP contribution in [0.25, 0.3) is 0 Å². The summed E-state index contributed by atoms with van der Waals surface area (Å²) < 4.78 is 0. The molecule has 20 heavy (non-hydrogen) atoms. The minimum atomic E-state index is -2.19. The maximum Gasteiger partial charge on any atom is 3.00 e. The molecule has 0 amide bonds. The van der Waals surface area contributed by atoms with Gasteiger partial charge in [0.15, 0.2) is 0 Å². The summed E-state index contributed by atoms with van der Waals surface area (Å²) in [6.07, 6.45) is 0. The summed E-state index contributed by atoms with van der Waals surface area (Å²) >= 11 is 0. The molecule has 0 saturated heterocycles. The van der Waals surface area contributed by atoms with Crippen LogP contribution in [0.5, 0.6) is 0 Å². The number of carbonyl (C=O) groups excluding carboxylic acids is 6. The fourth-order valence-corrected chi connectivity index (χ4v) is 0. The van der Waals surface area contributed by atoms with Crippen molar-refractivity contribution in [3.8, 4) is 0 Å². The standard InChI is InChI=1S/3C2H2O4.2La/c3*3-1(4)2(5)6;;/h3*(H,3,4)(H,5,6);;/q;;;2*+3/p-6. The number of aliphatic carboxylic acids is 6. The van der Waals surface area contributed by atoms with Crippen molar-refractivity contribution >= 4 is 35.8 Å². The Morgan fingerprint density at radius 1 is 0.350 bits per heavy atom. The summed E-state index contributed by atoms with van der Waals surface area (Å²) in [6, 6.07) is 0. The Balaban J connectivity index is -0.0000000536. The van der Waals surface area contributed by atoms with Crippen LogP contribution in [0.15, 0.2) is 0 Å². The molecule has 0 aromatic heterocycles. The molecule has 0 fully saturated rings. The van der Waals surface area contributed by atoms with E-state index in [1.165, 1.54) is 0 Å². The molecule has 0 atom stereocenters. The molecule has 0 rings (SSSR count). The van der Waals surface area contributed by atoms with E-state index < -0.39 is 35.8 Å². The van der Waals surface area contributed by atoms with Gasteiger partial charge < -0.3 is 59.4 Å². The molecule has 0 aromatic rings. The normalized spacial score (nSPS) is 6.60. The molecular weight excluding hydrogens is 542 g/mol. The van der Waals surface area contributed by atoms with Crippen molar-refractivity contribution in [1.82, 2.24) is 0 Å². The van der Waals surface area contributed by atoms with E-state index in [9.17, 15) is 0 Å². The first-order valence-electron chi connectivity index (χ1n) is 3.20. The van der Waals surface area contributed by atoms with Gasteiger partial charge >= 0.3 is 71.2 Å². The zero-order chi connectivity index (χ0) is 15.5. The minimum absolute atomic E-state index is 0. The fourth-order valence-electron chi connectivity index (χ4n) is 0. The average Bonchev–Trinajstić information content (AvgIpc) is 2.18. The molecule has 14 heteroatoms. The molecule has 0 saturated carbocycles. The van der Waals surface area contributed by atoms with Crippen LogP contribution in [0.2, 0.25) is 0 Å². The van der Waals surface area contributed by atoms with Gasteiger partial charge in [0.05, 0.1) is 35.8 Å². The van der Waals surface area contributed by atoms with Crippen LogP contribution >= 0.6 is 0 Å². The van der Waals surface area contributed by atoms with Crippen LogP contribution in [0.4, 0.5) is 0 Å². The van der Waals surface area contributed by atoms with E-state index in [-0.39, 0.29) is 71.2 Å². The molecule has 12 nitrogen and oxygen atoms in total. The number of hydrogen-bond donors (Lipinski definition) is 0. The molecule has 0 aromatic carbocycles. The maximum atomic E-state index is 8.93. The summed E-state index contributed by atoms with van der Waals surface area (Å²) in [4.78, 5) is 53.6. The second-order valence-electron chi connectivity index (χ2n) is 1.72. The minimum Gasteiger partial charge on any atom is -0.543 e. The third kappa shape index (κ3) is 36.0. The molecule has 0 heterocycles. The van der Waals surface area contributed by atoms with Gasteiger partial charge in [-0.3, -0.25) is 0 Å². The smallest absolute Gasteiger partial charge is 0.543 e. The van der Waals surface area contributed by atoms with Crippen molar-refractivity contribution in [2.24, 2.45) is 0 Å². The SMILES string of the molecule is O=C([O-])C(=O)[O-].O=C([O-])C(=O)[O-].O=C([O-])C(=O)[O-].[La+3].[La+3]. The molecule has 0 radical (unpaired) electrons. The van der Waals surface area contributed by atoms with Gasteiger partial charge in [-0.15, -0.1) is 0 Å². The first-order valence-corrected chi connectivity index (χ1v) is 3.20. The number of carboxylic acid groups (broad SMARTS) is 6. The van der Waals surface area contributed by atoms with Crippen molar-refractivity contribution in [3.05, 3.63) is 0 Å². The molecule has 0 aliphatic heterocycles. The summed E-state index contributed by atoms with van der Waals surface area (Å²) in [6.45, 7) is 0. The molecule has 0 aliphatic carbocycles. The first-order chi connectivity index (χ1) is 7.93. The van der Waals surface area contributed by atoms with Crippen LogP contribution in [-0.2, 0) is 28.8 Å². The van der Waals surface area contributed by atoms with Gasteiger partial charge in [-0.25, -0.2) is 0 Å². The monoisotopic (exact) mass is 542 g/mol. The van der Waals surface area contributed by atoms with Crippen molar-refractivity contribution in [2.45, 2.75) is 0 Å². The van der Waals surface area contributed by atoms with Crippen LogP contribution in [0, 0.1) is 71.2 Å². The number of carboxylic acids is 6. The van der Waals surface area contributed by atoms with Gasteiger partial charge in [0.2, 0.25) is 0 Å². The molecule has 0 aliphatic rings. The van der Waals surface area contributed by atoms with Crippen LogP contribution in [0.3, 0.4) is 0 Å². The zero-order valence-electron chi connectivity index (χ0n) is 9.05. The molecule has 0 bridgehead atoms. The summed E-state index contributed by atoms with van der Waals surface area (Å²) in [5, 5.41) is 53.6. The van der Waals surface area contributed by atoms with E-state index in [1.807, 2.05) is 0 Å². The van der Waals surface area contributed by atoms with Crippen molar-refractivity contribution in [3.63, 3.8) is 0 Å². The summed E-state index contributed by atoms with van der Waals surface area (Å²) in [5.74, 6) is -13.1. The van der Waals surface area contributed by atoms with Gasteiger partial charge in [0.1, 0.15) is 0 Å². The van der Waals surface area contributed by atoms with Crippen molar-refractivity contribution in [2.75, 3.05) is 0 Å². The summed E-state index contributed by atoms with van der Waals surface area (Å²) in [5.41, 5.74) is 0. The van der Waals surface area contributed by atoms with Crippen molar-refractivity contribution in [1.29, 1.82) is 0 Å². The Labute approximate surface area is 165 Å². The van der Waals surface area contributed by atoms with Gasteiger partial charge in [0.25, 0.3) is 0 Å². The fraction of sp³-hybridized carbons (Fsp3) is 0. The van der Waals surface area contributed by atoms with Gasteiger partial charge in [-0.2, -0.15) is 0 Å². The van der Waals surface area contributed by atoms with Gasteiger partial charge in [-0.05, 0) is 0 Å². The van der Waals surface area contributed by atoms with E-state index in [0.717, 1.165) is 0 Å². The molecular formula is C6La2O12. The Morgan fingerprint density at radius 3 is 0.400 bits per heavy atom. The molecule has 0 unspecified atom stereocenters. The van der Waals surface area contributed by atoms with E-state index in [0.29, 0.717) is 0 Å². The molecule has 0 N–H and O–H groups in total. The second-order valence-corrected chi connectivity index (χ2v) is 1.72. The van der Waals surface area contributed by atoms with E-state index in [1.54, 1.807) is 0 Å². The summed E-state index contributed by atoms with van der Waals surface area (Å²) in [7, 11) is 0. The van der Waals surface area contributed by atoms with Gasteiger partial charge in [0, 0.05) is 0 Å². The number of rotatable bonds is 0. The van der Waals surface area contributed by atoms with Crippen LogP contribution < -0.4 is 30.6 Å². The predicted molar refractivity (Wildman–Crippen MR) is 30.0 cm³/mol. The van der Waals surface area contributed by atoms with E-state index >= 15 is 0 Å². The third-order valence-electron chi connectivity index (χ3n) is 0.500. The van der Waals surface area contributed by atoms with Crippen molar-refractivity contribution < 1.29 is 131 Å². The Morgan fingerprint density at radius 2 is 0.400 bits per heavy atom.